The minimum absolute atomic E-state index is 0.197. The number of hydrogen-bond donors (Lipinski definition) is 3. The van der Waals surface area contributed by atoms with Gasteiger partial charge in [-0.15, -0.1) is 0 Å². The van der Waals surface area contributed by atoms with Gasteiger partial charge in [-0.1, -0.05) is 26.8 Å². The Labute approximate surface area is 176 Å². The number of methoxy groups -OCH3 is 1. The monoisotopic (exact) mass is 435 g/mol. The number of carbonyl (C=O) groups is 2. The van der Waals surface area contributed by atoms with Crippen molar-refractivity contribution < 1.29 is 32.6 Å². The normalized spacial score (nSPS) is 11.2. The van der Waals surface area contributed by atoms with Gasteiger partial charge in [0.25, 0.3) is 0 Å². The van der Waals surface area contributed by atoms with E-state index in [9.17, 15) is 18.0 Å². The Balaban J connectivity index is 2.41. The van der Waals surface area contributed by atoms with Gasteiger partial charge in [-0.3, -0.25) is 9.59 Å². The lowest BCUT2D eigenvalue weighted by molar-refractivity contribution is -0.136. The van der Waals surface area contributed by atoms with Gasteiger partial charge in [0.1, 0.15) is 16.5 Å². The third-order valence-corrected chi connectivity index (χ3v) is 4.70. The third-order valence-electron chi connectivity index (χ3n) is 4.10. The second-order valence-corrected chi connectivity index (χ2v) is 8.66. The summed E-state index contributed by atoms with van der Waals surface area (Å²) in [6.45, 7) is 5.31. The second kappa shape index (κ2) is 9.62. The van der Waals surface area contributed by atoms with Gasteiger partial charge in [0.2, 0.25) is 5.91 Å². The molecule has 0 saturated carbocycles. The quantitative estimate of drug-likeness (QED) is 0.545. The molecule has 0 saturated heterocycles. The molecule has 8 nitrogen and oxygen atoms in total. The molecule has 0 radical (unpaired) electrons. The second-order valence-electron chi connectivity index (χ2n) is 7.68. The number of hydrogen-bond acceptors (Lipinski definition) is 6. The first-order chi connectivity index (χ1) is 14.0. The SMILES string of the molecule is COc1ccc(CC(=O)O)cc1Oc1ccc(NC(=O)C(C)(C)C)cc1C[SH](=O)=O. The molecule has 162 valence electrons. The topological polar surface area (TPSA) is 119 Å². The molecule has 0 unspecified atom stereocenters. The van der Waals surface area contributed by atoms with E-state index in [2.05, 4.69) is 5.32 Å². The molecular weight excluding hydrogens is 410 g/mol. The summed E-state index contributed by atoms with van der Waals surface area (Å²) in [6.07, 6.45) is -0.197. The lowest BCUT2D eigenvalue weighted by Crippen LogP contribution is -2.27. The van der Waals surface area contributed by atoms with Crippen LogP contribution in [-0.2, 0) is 32.5 Å². The molecule has 0 atom stereocenters. The number of ether oxygens (including phenoxy) is 2. The molecule has 0 heterocycles. The number of aliphatic carboxylic acids is 1. The Hall–Kier alpha value is -3.07. The van der Waals surface area contributed by atoms with Gasteiger partial charge in [-0.2, -0.15) is 0 Å². The van der Waals surface area contributed by atoms with Crippen molar-refractivity contribution in [3.05, 3.63) is 47.5 Å². The number of amides is 1. The van der Waals surface area contributed by atoms with Crippen LogP contribution >= 0.6 is 0 Å². The molecule has 0 fully saturated rings. The van der Waals surface area contributed by atoms with E-state index in [0.717, 1.165) is 0 Å². The highest BCUT2D eigenvalue weighted by Gasteiger charge is 2.22. The number of nitrogens with one attached hydrogen (secondary N) is 1. The fourth-order valence-electron chi connectivity index (χ4n) is 2.54. The number of rotatable bonds is 8. The number of benzene rings is 2. The van der Waals surface area contributed by atoms with Crippen LogP contribution < -0.4 is 14.8 Å². The van der Waals surface area contributed by atoms with Crippen molar-refractivity contribution in [2.45, 2.75) is 32.9 Å². The standard InChI is InChI=1S/C21H25NO7S/c1-21(2,3)20(25)22-15-6-8-16(14(11-15)12-30(26)27)29-18-9-13(10-19(23)24)5-7-17(18)28-4/h5-9,11,30H,10,12H2,1-4H3,(H,22,25)(H,23,24). The Morgan fingerprint density at radius 3 is 2.27 bits per heavy atom. The lowest BCUT2D eigenvalue weighted by atomic mass is 9.95. The molecule has 0 spiro atoms. The molecule has 2 aromatic rings. The fourth-order valence-corrected chi connectivity index (χ4v) is 3.07. The van der Waals surface area contributed by atoms with Crippen LogP contribution in [0.4, 0.5) is 5.69 Å². The van der Waals surface area contributed by atoms with Crippen LogP contribution in [0, 0.1) is 5.41 Å². The van der Waals surface area contributed by atoms with E-state index in [1.807, 2.05) is 0 Å². The molecule has 0 aliphatic carbocycles. The average Bonchev–Trinajstić information content (AvgIpc) is 2.62. The maximum Gasteiger partial charge on any atom is 0.307 e. The minimum Gasteiger partial charge on any atom is -0.493 e. The zero-order chi connectivity index (χ0) is 22.5. The first kappa shape index (κ1) is 23.2. The van der Waals surface area contributed by atoms with Gasteiger partial charge in [0.15, 0.2) is 11.5 Å². The summed E-state index contributed by atoms with van der Waals surface area (Å²) in [5, 5.41) is 11.8. The van der Waals surface area contributed by atoms with Crippen molar-refractivity contribution >= 4 is 28.3 Å². The number of carbonyl (C=O) groups excluding carboxylic acids is 1. The number of carboxylic acids is 1. The Morgan fingerprint density at radius 2 is 1.70 bits per heavy atom. The fraction of sp³-hybridized carbons (Fsp3) is 0.333. The van der Waals surface area contributed by atoms with Crippen molar-refractivity contribution in [2.24, 2.45) is 5.41 Å². The Morgan fingerprint density at radius 1 is 1.03 bits per heavy atom. The van der Waals surface area contributed by atoms with E-state index < -0.39 is 22.1 Å². The number of anilines is 1. The zero-order valence-electron chi connectivity index (χ0n) is 17.2. The molecule has 1 amide bonds. The van der Waals surface area contributed by atoms with Crippen LogP contribution in [0.25, 0.3) is 0 Å². The summed E-state index contributed by atoms with van der Waals surface area (Å²) in [6, 6.07) is 9.42. The van der Waals surface area contributed by atoms with E-state index in [1.165, 1.54) is 19.2 Å². The summed E-state index contributed by atoms with van der Waals surface area (Å²) in [4.78, 5) is 23.2. The summed E-state index contributed by atoms with van der Waals surface area (Å²) in [5.74, 6) is -0.614. The maximum atomic E-state index is 12.2. The van der Waals surface area contributed by atoms with E-state index in [-0.39, 0.29) is 29.6 Å². The van der Waals surface area contributed by atoms with E-state index in [4.69, 9.17) is 14.6 Å². The first-order valence-corrected chi connectivity index (χ1v) is 10.5. The van der Waals surface area contributed by atoms with Gasteiger partial charge >= 0.3 is 5.97 Å². The van der Waals surface area contributed by atoms with Gasteiger partial charge in [-0.05, 0) is 35.9 Å². The smallest absolute Gasteiger partial charge is 0.307 e. The van der Waals surface area contributed by atoms with Crippen molar-refractivity contribution in [2.75, 3.05) is 12.4 Å². The minimum atomic E-state index is -2.75. The first-order valence-electron chi connectivity index (χ1n) is 9.12. The molecular formula is C21H25NO7S. The molecule has 2 rings (SSSR count). The average molecular weight is 435 g/mol. The molecule has 0 aliphatic heterocycles. The van der Waals surface area contributed by atoms with Crippen molar-refractivity contribution in [3.63, 3.8) is 0 Å². The molecule has 2 aromatic carbocycles. The van der Waals surface area contributed by atoms with Crippen LogP contribution in [0.5, 0.6) is 17.2 Å². The van der Waals surface area contributed by atoms with Gasteiger partial charge in [-0.25, -0.2) is 8.42 Å². The number of carboxylic acid groups (broad SMARTS) is 1. The maximum absolute atomic E-state index is 12.2. The summed E-state index contributed by atoms with van der Waals surface area (Å²) in [7, 11) is -1.31. The lowest BCUT2D eigenvalue weighted by Gasteiger charge is -2.19. The summed E-state index contributed by atoms with van der Waals surface area (Å²) >= 11 is 0. The summed E-state index contributed by atoms with van der Waals surface area (Å²) < 4.78 is 33.9. The van der Waals surface area contributed by atoms with Crippen LogP contribution in [0.2, 0.25) is 0 Å². The molecule has 30 heavy (non-hydrogen) atoms. The van der Waals surface area contributed by atoms with E-state index in [1.54, 1.807) is 45.0 Å². The predicted octanol–water partition coefficient (Wildman–Crippen LogP) is 3.21. The molecule has 0 bridgehead atoms. The largest absolute Gasteiger partial charge is 0.493 e. The van der Waals surface area contributed by atoms with Gasteiger partial charge < -0.3 is 19.9 Å². The molecule has 0 aromatic heterocycles. The third kappa shape index (κ3) is 6.48. The zero-order valence-corrected chi connectivity index (χ0v) is 18.1. The Kier molecular flexibility index (Phi) is 7.44. The van der Waals surface area contributed by atoms with Crippen LogP contribution in [-0.4, -0.2) is 32.5 Å². The van der Waals surface area contributed by atoms with Gasteiger partial charge in [0, 0.05) is 16.7 Å². The molecule has 2 N–H and O–H groups in total. The van der Waals surface area contributed by atoms with E-state index in [0.29, 0.717) is 22.6 Å². The Bertz CT molecular complexity index is 1010. The number of thiol groups is 1. The summed E-state index contributed by atoms with van der Waals surface area (Å²) in [5.41, 5.74) is 0.685. The van der Waals surface area contributed by atoms with Crippen molar-refractivity contribution in [3.8, 4) is 17.2 Å². The van der Waals surface area contributed by atoms with Gasteiger partial charge in [0.05, 0.1) is 19.3 Å². The van der Waals surface area contributed by atoms with Crippen LogP contribution in [0.15, 0.2) is 36.4 Å². The van der Waals surface area contributed by atoms with Crippen LogP contribution in [0.1, 0.15) is 31.9 Å². The van der Waals surface area contributed by atoms with Crippen molar-refractivity contribution in [1.82, 2.24) is 0 Å². The molecule has 9 heteroatoms. The highest BCUT2D eigenvalue weighted by atomic mass is 32.2. The van der Waals surface area contributed by atoms with Crippen LogP contribution in [0.3, 0.4) is 0 Å². The highest BCUT2D eigenvalue weighted by Crippen LogP contribution is 2.35. The molecule has 0 aliphatic rings. The van der Waals surface area contributed by atoms with Crippen molar-refractivity contribution in [1.29, 1.82) is 0 Å². The van der Waals surface area contributed by atoms with E-state index >= 15 is 0 Å². The predicted molar refractivity (Wildman–Crippen MR) is 113 cm³/mol. The highest BCUT2D eigenvalue weighted by molar-refractivity contribution is 7.71.